The third kappa shape index (κ3) is 5.14. The van der Waals surface area contributed by atoms with Crippen LogP contribution < -0.4 is 18.9 Å². The number of methoxy groups -OCH3 is 3. The number of amides is 2. The highest BCUT2D eigenvalue weighted by molar-refractivity contribution is 5.95. The minimum Gasteiger partial charge on any atom is -0.497 e. The van der Waals surface area contributed by atoms with Crippen LogP contribution in [0.3, 0.4) is 0 Å². The molecular formula is C22H26N2O6. The first kappa shape index (κ1) is 21.3. The monoisotopic (exact) mass is 414 g/mol. The van der Waals surface area contributed by atoms with Crippen molar-refractivity contribution in [1.29, 1.82) is 0 Å². The molecule has 2 aromatic carbocycles. The summed E-state index contributed by atoms with van der Waals surface area (Å²) < 4.78 is 21.1. The average Bonchev–Trinajstić information content (AvgIpc) is 2.82. The van der Waals surface area contributed by atoms with E-state index in [1.165, 1.54) is 0 Å². The largest absolute Gasteiger partial charge is 0.497 e. The van der Waals surface area contributed by atoms with E-state index in [1.807, 2.05) is 0 Å². The molecular weight excluding hydrogens is 388 g/mol. The van der Waals surface area contributed by atoms with E-state index in [4.69, 9.17) is 18.9 Å². The first-order valence-electron chi connectivity index (χ1n) is 9.61. The van der Waals surface area contributed by atoms with E-state index in [0.717, 1.165) is 5.75 Å². The van der Waals surface area contributed by atoms with Gasteiger partial charge in [0.25, 0.3) is 11.8 Å². The second-order valence-corrected chi connectivity index (χ2v) is 6.74. The summed E-state index contributed by atoms with van der Waals surface area (Å²) >= 11 is 0. The molecule has 160 valence electrons. The SMILES string of the molecule is COc1ccc(OCC(=O)N2CCN(C(=O)c3cc(OC)cc(OC)c3)CC2)cc1. The third-order valence-corrected chi connectivity index (χ3v) is 4.94. The molecule has 1 fully saturated rings. The smallest absolute Gasteiger partial charge is 0.260 e. The Bertz CT molecular complexity index is 853. The molecule has 0 spiro atoms. The lowest BCUT2D eigenvalue weighted by atomic mass is 10.1. The lowest BCUT2D eigenvalue weighted by molar-refractivity contribution is -0.134. The molecule has 8 nitrogen and oxygen atoms in total. The number of nitrogens with zero attached hydrogens (tertiary/aromatic N) is 2. The fourth-order valence-corrected chi connectivity index (χ4v) is 3.18. The Morgan fingerprint density at radius 1 is 0.733 bits per heavy atom. The van der Waals surface area contributed by atoms with E-state index in [2.05, 4.69) is 0 Å². The maximum Gasteiger partial charge on any atom is 0.260 e. The van der Waals surface area contributed by atoms with Gasteiger partial charge in [0.2, 0.25) is 0 Å². The van der Waals surface area contributed by atoms with Gasteiger partial charge in [-0.3, -0.25) is 9.59 Å². The van der Waals surface area contributed by atoms with Crippen LogP contribution >= 0.6 is 0 Å². The van der Waals surface area contributed by atoms with Crippen LogP contribution in [0.4, 0.5) is 0 Å². The lowest BCUT2D eigenvalue weighted by Gasteiger charge is -2.34. The van der Waals surface area contributed by atoms with Gasteiger partial charge < -0.3 is 28.7 Å². The van der Waals surface area contributed by atoms with Gasteiger partial charge >= 0.3 is 0 Å². The van der Waals surface area contributed by atoms with Crippen molar-refractivity contribution >= 4 is 11.8 Å². The van der Waals surface area contributed by atoms with Gasteiger partial charge in [0.15, 0.2) is 6.61 Å². The van der Waals surface area contributed by atoms with Gasteiger partial charge in [0.05, 0.1) is 21.3 Å². The van der Waals surface area contributed by atoms with Crippen LogP contribution in [0, 0.1) is 0 Å². The molecule has 1 aliphatic rings. The van der Waals surface area contributed by atoms with Crippen LogP contribution in [0.2, 0.25) is 0 Å². The summed E-state index contributed by atoms with van der Waals surface area (Å²) in [6, 6.07) is 12.2. The Labute approximate surface area is 175 Å². The fraction of sp³-hybridized carbons (Fsp3) is 0.364. The maximum absolute atomic E-state index is 12.9. The number of rotatable bonds is 7. The summed E-state index contributed by atoms with van der Waals surface area (Å²) in [7, 11) is 4.68. The topological polar surface area (TPSA) is 77.5 Å². The van der Waals surface area contributed by atoms with Gasteiger partial charge in [-0.25, -0.2) is 0 Å². The lowest BCUT2D eigenvalue weighted by Crippen LogP contribution is -2.51. The number of ether oxygens (including phenoxy) is 4. The van der Waals surface area contributed by atoms with Crippen molar-refractivity contribution in [3.05, 3.63) is 48.0 Å². The first-order chi connectivity index (χ1) is 14.5. The van der Waals surface area contributed by atoms with Crippen LogP contribution in [-0.2, 0) is 4.79 Å². The first-order valence-corrected chi connectivity index (χ1v) is 9.61. The van der Waals surface area contributed by atoms with E-state index < -0.39 is 0 Å². The van der Waals surface area contributed by atoms with Crippen molar-refractivity contribution in [2.75, 3.05) is 54.1 Å². The summed E-state index contributed by atoms with van der Waals surface area (Å²) in [5, 5.41) is 0. The fourth-order valence-electron chi connectivity index (χ4n) is 3.18. The van der Waals surface area contributed by atoms with Gasteiger partial charge in [-0.2, -0.15) is 0 Å². The van der Waals surface area contributed by atoms with Gasteiger partial charge in [-0.15, -0.1) is 0 Å². The Kier molecular flexibility index (Phi) is 7.00. The Balaban J connectivity index is 1.52. The van der Waals surface area contributed by atoms with Crippen molar-refractivity contribution in [3.63, 3.8) is 0 Å². The molecule has 2 aromatic rings. The van der Waals surface area contributed by atoms with Crippen molar-refractivity contribution in [2.45, 2.75) is 0 Å². The third-order valence-electron chi connectivity index (χ3n) is 4.94. The van der Waals surface area contributed by atoms with Gasteiger partial charge in [-0.1, -0.05) is 0 Å². The van der Waals surface area contributed by atoms with E-state index in [1.54, 1.807) is 73.6 Å². The second kappa shape index (κ2) is 9.87. The molecule has 0 bridgehead atoms. The standard InChI is InChI=1S/C22H26N2O6/c1-27-17-4-6-18(7-5-17)30-15-21(25)23-8-10-24(11-9-23)22(26)16-12-19(28-2)14-20(13-16)29-3/h4-7,12-14H,8-11,15H2,1-3H3. The molecule has 0 unspecified atom stereocenters. The molecule has 0 aliphatic carbocycles. The molecule has 0 N–H and O–H groups in total. The number of hydrogen-bond acceptors (Lipinski definition) is 6. The Hall–Kier alpha value is -3.42. The van der Waals surface area contributed by atoms with E-state index in [-0.39, 0.29) is 18.4 Å². The molecule has 1 saturated heterocycles. The normalized spacial score (nSPS) is 13.6. The maximum atomic E-state index is 12.9. The molecule has 3 rings (SSSR count). The number of carbonyl (C=O) groups is 2. The summed E-state index contributed by atoms with van der Waals surface area (Å²) in [5.74, 6) is 2.21. The highest BCUT2D eigenvalue weighted by Crippen LogP contribution is 2.24. The summed E-state index contributed by atoms with van der Waals surface area (Å²) in [5.41, 5.74) is 0.494. The van der Waals surface area contributed by atoms with E-state index >= 15 is 0 Å². The summed E-state index contributed by atoms with van der Waals surface area (Å²) in [4.78, 5) is 28.7. The van der Waals surface area contributed by atoms with Crippen LogP contribution in [-0.4, -0.2) is 75.7 Å². The molecule has 2 amide bonds. The highest BCUT2D eigenvalue weighted by Gasteiger charge is 2.25. The number of hydrogen-bond donors (Lipinski definition) is 0. The Morgan fingerprint density at radius 2 is 1.23 bits per heavy atom. The van der Waals surface area contributed by atoms with E-state index in [9.17, 15) is 9.59 Å². The van der Waals surface area contributed by atoms with Crippen molar-refractivity contribution in [2.24, 2.45) is 0 Å². The van der Waals surface area contributed by atoms with Crippen LogP contribution in [0.25, 0.3) is 0 Å². The summed E-state index contributed by atoms with van der Waals surface area (Å²) in [6.45, 7) is 1.77. The van der Waals surface area contributed by atoms with Gasteiger partial charge in [0.1, 0.15) is 23.0 Å². The van der Waals surface area contributed by atoms with Gasteiger partial charge in [0, 0.05) is 37.8 Å². The van der Waals surface area contributed by atoms with Crippen LogP contribution in [0.5, 0.6) is 23.0 Å². The minimum absolute atomic E-state index is 0.0483. The predicted molar refractivity (Wildman–Crippen MR) is 111 cm³/mol. The van der Waals surface area contributed by atoms with Crippen molar-refractivity contribution in [1.82, 2.24) is 9.80 Å². The predicted octanol–water partition coefficient (Wildman–Crippen LogP) is 2.08. The number of piperazine rings is 1. The quantitative estimate of drug-likeness (QED) is 0.690. The minimum atomic E-state index is -0.117. The van der Waals surface area contributed by atoms with Crippen LogP contribution in [0.15, 0.2) is 42.5 Å². The van der Waals surface area contributed by atoms with Crippen LogP contribution in [0.1, 0.15) is 10.4 Å². The van der Waals surface area contributed by atoms with Crippen molar-refractivity contribution < 1.29 is 28.5 Å². The number of benzene rings is 2. The zero-order valence-electron chi connectivity index (χ0n) is 17.4. The second-order valence-electron chi connectivity index (χ2n) is 6.74. The van der Waals surface area contributed by atoms with E-state index in [0.29, 0.717) is 49.0 Å². The molecule has 30 heavy (non-hydrogen) atoms. The highest BCUT2D eigenvalue weighted by atomic mass is 16.5. The number of carbonyl (C=O) groups excluding carboxylic acids is 2. The van der Waals surface area contributed by atoms with Gasteiger partial charge in [-0.05, 0) is 36.4 Å². The molecule has 1 heterocycles. The zero-order chi connectivity index (χ0) is 21.5. The average molecular weight is 414 g/mol. The zero-order valence-corrected chi connectivity index (χ0v) is 17.4. The van der Waals surface area contributed by atoms with Crippen molar-refractivity contribution in [3.8, 4) is 23.0 Å². The molecule has 0 atom stereocenters. The Morgan fingerprint density at radius 3 is 1.77 bits per heavy atom. The molecule has 8 heteroatoms. The molecule has 0 saturated carbocycles. The molecule has 0 radical (unpaired) electrons. The molecule has 1 aliphatic heterocycles. The summed E-state index contributed by atoms with van der Waals surface area (Å²) in [6.07, 6.45) is 0. The molecule has 0 aromatic heterocycles.